The second-order valence-electron chi connectivity index (χ2n) is 0.516. The molecule has 0 aliphatic carbocycles. The predicted octanol–water partition coefficient (Wildman–Crippen LogP) is -9.35. The summed E-state index contributed by atoms with van der Waals surface area (Å²) in [4.78, 5) is 32.7. The number of rotatable bonds is 0. The van der Waals surface area contributed by atoms with Gasteiger partial charge in [-0.1, -0.05) is 8.25 Å². The Morgan fingerprint density at radius 3 is 1.00 bits per heavy atom. The zero-order valence-corrected chi connectivity index (χ0v) is 13.2. The van der Waals surface area contributed by atoms with Crippen molar-refractivity contribution in [3.8, 4) is 0 Å². The van der Waals surface area contributed by atoms with Crippen molar-refractivity contribution in [1.82, 2.24) is 0 Å². The fourth-order valence-electron chi connectivity index (χ4n) is 0. The van der Waals surface area contributed by atoms with Gasteiger partial charge in [0.2, 0.25) is 0 Å². The maximum atomic E-state index is 8.63. The molecule has 0 spiro atoms. The Hall–Kier alpha value is 2.78. The van der Waals surface area contributed by atoms with Crippen LogP contribution in [0.25, 0.3) is 0 Å². The first-order valence-electron chi connectivity index (χ1n) is 1.24. The van der Waals surface area contributed by atoms with Crippen LogP contribution in [0.4, 0.5) is 0 Å². The van der Waals surface area contributed by atoms with Crippen LogP contribution in [0.2, 0.25) is 0 Å². The summed E-state index contributed by atoms with van der Waals surface area (Å²) in [5.41, 5.74) is 0. The molecule has 0 aromatic heterocycles. The summed E-state index contributed by atoms with van der Waals surface area (Å²) < 4.78 is 17.1. The van der Waals surface area contributed by atoms with Gasteiger partial charge in [-0.25, -0.2) is 0 Å². The van der Waals surface area contributed by atoms with E-state index in [2.05, 4.69) is 0 Å². The van der Waals surface area contributed by atoms with Gasteiger partial charge in [-0.2, -0.15) is 0 Å². The maximum Gasteiger partial charge on any atom is 2.00 e. The van der Waals surface area contributed by atoms with Gasteiger partial charge in [-0.15, -0.1) is 0 Å². The van der Waals surface area contributed by atoms with E-state index in [1.165, 1.54) is 0 Å². The summed E-state index contributed by atoms with van der Waals surface area (Å²) in [6.45, 7) is 0. The van der Waals surface area contributed by atoms with Gasteiger partial charge < -0.3 is 34.2 Å². The van der Waals surface area contributed by atoms with E-state index in [1.54, 1.807) is 0 Å². The molecule has 2 N–H and O–H groups in total. The Balaban J connectivity index is -0.0000000112. The van der Waals surface area contributed by atoms with Gasteiger partial charge in [0.25, 0.3) is 0 Å². The Morgan fingerprint density at radius 2 is 1.00 bits per heavy atom. The molecule has 0 heterocycles. The molecule has 1 unspecified atom stereocenters. The molecule has 69 valence electrons. The van der Waals surface area contributed by atoms with E-state index in [9.17, 15) is 0 Å². The van der Waals surface area contributed by atoms with E-state index >= 15 is 0 Å². The van der Waals surface area contributed by atoms with Gasteiger partial charge in [0.1, 0.15) is 8.25 Å². The molecule has 0 saturated carbocycles. The SMILES string of the molecule is O=[PH]([O-])O.O=[PH]([O-])[O-].[Cu+2].[Na+].[Na+].[OH-]. The Kier molecular flexibility index (Phi) is 88.6. The van der Waals surface area contributed by atoms with E-state index in [0.717, 1.165) is 0 Å². The van der Waals surface area contributed by atoms with Crippen molar-refractivity contribution in [1.29, 1.82) is 0 Å². The summed E-state index contributed by atoms with van der Waals surface area (Å²) in [5.74, 6) is 0. The van der Waals surface area contributed by atoms with Crippen LogP contribution in [-0.4, -0.2) is 10.4 Å². The predicted molar refractivity (Wildman–Crippen MR) is 22.2 cm³/mol. The first kappa shape index (κ1) is 36.4. The van der Waals surface area contributed by atoms with Crippen LogP contribution in [0, 0.1) is 0 Å². The third-order valence-electron chi connectivity index (χ3n) is 0. The van der Waals surface area contributed by atoms with Crippen molar-refractivity contribution in [2.75, 3.05) is 0 Å². The molecule has 1 radical (unpaired) electrons. The summed E-state index contributed by atoms with van der Waals surface area (Å²) in [6.07, 6.45) is 0. The second kappa shape index (κ2) is 29.2. The molecule has 0 rings (SSSR count). The van der Waals surface area contributed by atoms with Gasteiger partial charge in [0.15, 0.2) is 0 Å². The molecule has 0 aromatic carbocycles. The molecule has 12 heavy (non-hydrogen) atoms. The minimum absolute atomic E-state index is 0. The number of hydrogen-bond donors (Lipinski definition) is 1. The van der Waals surface area contributed by atoms with Gasteiger partial charge in [0.05, 0.1) is 0 Å². The minimum Gasteiger partial charge on any atom is -0.870 e. The van der Waals surface area contributed by atoms with Crippen LogP contribution in [0.5, 0.6) is 0 Å². The molecule has 12 heteroatoms. The molecular weight excluding hydrogens is 283 g/mol. The maximum absolute atomic E-state index is 8.63. The van der Waals surface area contributed by atoms with Crippen LogP contribution in [-0.2, 0) is 26.2 Å². The first-order chi connectivity index (χ1) is 3.46. The molecule has 7 nitrogen and oxygen atoms in total. The van der Waals surface area contributed by atoms with Gasteiger partial charge in [-0.3, -0.25) is 0 Å². The second-order valence-corrected chi connectivity index (χ2v) is 1.55. The normalized spacial score (nSPS) is 8.08. The van der Waals surface area contributed by atoms with Gasteiger partial charge >= 0.3 is 76.2 Å². The van der Waals surface area contributed by atoms with Crippen molar-refractivity contribution in [3.63, 3.8) is 0 Å². The van der Waals surface area contributed by atoms with Crippen LogP contribution >= 0.6 is 16.5 Å². The average molecular weight is 287 g/mol. The molecule has 0 fully saturated rings. The van der Waals surface area contributed by atoms with Crippen LogP contribution < -0.4 is 73.8 Å². The van der Waals surface area contributed by atoms with Crippen molar-refractivity contribution < 1.29 is 110 Å². The van der Waals surface area contributed by atoms with E-state index in [4.69, 9.17) is 28.7 Å². The van der Waals surface area contributed by atoms with Crippen molar-refractivity contribution in [2.24, 2.45) is 0 Å². The third-order valence-corrected chi connectivity index (χ3v) is 0. The van der Waals surface area contributed by atoms with Crippen LogP contribution in [0.15, 0.2) is 0 Å². The van der Waals surface area contributed by atoms with Crippen LogP contribution in [0.3, 0.4) is 0 Å². The molecular formula is H4CuNa2O7P2. The zero-order valence-electron chi connectivity index (χ0n) is 6.24. The fourth-order valence-corrected chi connectivity index (χ4v) is 0. The van der Waals surface area contributed by atoms with Gasteiger partial charge in [-0.05, 0) is 0 Å². The zero-order chi connectivity index (χ0) is 7.15. The van der Waals surface area contributed by atoms with Crippen molar-refractivity contribution in [2.45, 2.75) is 0 Å². The van der Waals surface area contributed by atoms with Crippen molar-refractivity contribution in [3.05, 3.63) is 0 Å². The summed E-state index contributed by atoms with van der Waals surface area (Å²) in [6, 6.07) is 0. The standard InChI is InChI=1S/Cu.2Na.2H3O3P.H2O/c;;;2*1-4(2)3;/h;;;2*4H,(H2,1,2,3);1H2/q+2;2*+1;;;/p-4. The molecule has 0 aliphatic rings. The number of hydrogen-bond acceptors (Lipinski definition) is 6. The molecule has 1 atom stereocenters. The Labute approximate surface area is 125 Å². The Bertz CT molecular complexity index is 77.4. The van der Waals surface area contributed by atoms with E-state index in [1.807, 2.05) is 0 Å². The molecule has 0 aliphatic heterocycles. The van der Waals surface area contributed by atoms with E-state index in [0.29, 0.717) is 0 Å². The first-order valence-corrected chi connectivity index (χ1v) is 3.73. The minimum atomic E-state index is -3.63. The molecule has 0 bridgehead atoms. The monoisotopic (exact) mass is 287 g/mol. The quantitative estimate of drug-likeness (QED) is 0.343. The van der Waals surface area contributed by atoms with Gasteiger partial charge in [0, 0.05) is 0 Å². The molecule has 0 saturated heterocycles. The summed E-state index contributed by atoms with van der Waals surface area (Å²) in [5, 5.41) is 0. The van der Waals surface area contributed by atoms with E-state index < -0.39 is 16.5 Å². The van der Waals surface area contributed by atoms with Crippen molar-refractivity contribution >= 4 is 16.5 Å². The molecule has 0 amide bonds. The molecule has 0 aromatic rings. The Morgan fingerprint density at radius 1 is 1.00 bits per heavy atom. The summed E-state index contributed by atoms with van der Waals surface area (Å²) >= 11 is 0. The van der Waals surface area contributed by atoms with E-state index in [-0.39, 0.29) is 81.7 Å². The smallest absolute Gasteiger partial charge is 0.870 e. The largest absolute Gasteiger partial charge is 2.00 e. The topological polar surface area (TPSA) is 154 Å². The fraction of sp³-hybridized carbons (Fsp3) is 0. The average Bonchev–Trinajstić information content (AvgIpc) is 1.25. The summed E-state index contributed by atoms with van der Waals surface area (Å²) in [7, 11) is -7.01. The van der Waals surface area contributed by atoms with Crippen LogP contribution in [0.1, 0.15) is 0 Å². The third kappa shape index (κ3) is 230.